The third-order valence-corrected chi connectivity index (χ3v) is 3.64. The molecule has 0 saturated heterocycles. The van der Waals surface area contributed by atoms with Crippen LogP contribution >= 0.6 is 0 Å². The van der Waals surface area contributed by atoms with Gasteiger partial charge in [0.15, 0.2) is 0 Å². The first-order chi connectivity index (χ1) is 8.28. The predicted octanol–water partition coefficient (Wildman–Crippen LogP) is 1.96. The zero-order valence-electron chi connectivity index (χ0n) is 10.5. The third-order valence-electron chi connectivity index (χ3n) is 3.64. The van der Waals surface area contributed by atoms with Gasteiger partial charge < -0.3 is 11.1 Å². The lowest BCUT2D eigenvalue weighted by Crippen LogP contribution is -2.25. The Kier molecular flexibility index (Phi) is 4.31. The van der Waals surface area contributed by atoms with Crippen LogP contribution in [-0.2, 0) is 0 Å². The molecule has 0 atom stereocenters. The van der Waals surface area contributed by atoms with Crippen LogP contribution in [0.4, 0.5) is 5.95 Å². The minimum absolute atomic E-state index is 0.751. The van der Waals surface area contributed by atoms with E-state index in [1.165, 1.54) is 25.7 Å². The highest BCUT2D eigenvalue weighted by molar-refractivity contribution is 5.24. The van der Waals surface area contributed by atoms with Crippen molar-refractivity contribution in [3.05, 3.63) is 18.0 Å². The fourth-order valence-electron chi connectivity index (χ4n) is 2.44. The third kappa shape index (κ3) is 3.66. The smallest absolute Gasteiger partial charge is 0.222 e. The molecule has 4 heteroatoms. The van der Waals surface area contributed by atoms with Crippen LogP contribution in [0.5, 0.6) is 0 Å². The maximum Gasteiger partial charge on any atom is 0.222 e. The van der Waals surface area contributed by atoms with Crippen molar-refractivity contribution in [1.82, 2.24) is 9.97 Å². The van der Waals surface area contributed by atoms with Gasteiger partial charge in [-0.05, 0) is 57.1 Å². The molecule has 0 aliphatic heterocycles. The van der Waals surface area contributed by atoms with Crippen molar-refractivity contribution in [3.63, 3.8) is 0 Å². The Hall–Kier alpha value is -1.16. The van der Waals surface area contributed by atoms with E-state index >= 15 is 0 Å². The van der Waals surface area contributed by atoms with Crippen molar-refractivity contribution in [1.29, 1.82) is 0 Å². The number of nitrogens with two attached hydrogens (primary N) is 1. The van der Waals surface area contributed by atoms with E-state index in [4.69, 9.17) is 5.73 Å². The van der Waals surface area contributed by atoms with Gasteiger partial charge >= 0.3 is 0 Å². The molecule has 0 bridgehead atoms. The quantitative estimate of drug-likeness (QED) is 0.836. The van der Waals surface area contributed by atoms with Gasteiger partial charge in [0.05, 0.1) is 0 Å². The van der Waals surface area contributed by atoms with Crippen molar-refractivity contribution in [2.75, 3.05) is 18.4 Å². The first kappa shape index (κ1) is 12.3. The summed E-state index contributed by atoms with van der Waals surface area (Å²) < 4.78 is 0. The van der Waals surface area contributed by atoms with Gasteiger partial charge in [0.25, 0.3) is 0 Å². The summed E-state index contributed by atoms with van der Waals surface area (Å²) in [6.07, 6.45) is 6.91. The highest BCUT2D eigenvalue weighted by Gasteiger charge is 2.19. The topological polar surface area (TPSA) is 63.8 Å². The molecular formula is C13H22N4. The Labute approximate surface area is 103 Å². The van der Waals surface area contributed by atoms with E-state index in [1.54, 1.807) is 6.20 Å². The molecule has 1 aliphatic rings. The van der Waals surface area contributed by atoms with Crippen molar-refractivity contribution in [2.45, 2.75) is 32.6 Å². The predicted molar refractivity (Wildman–Crippen MR) is 69.8 cm³/mol. The van der Waals surface area contributed by atoms with E-state index < -0.39 is 0 Å². The minimum Gasteiger partial charge on any atom is -0.354 e. The monoisotopic (exact) mass is 234 g/mol. The lowest BCUT2D eigenvalue weighted by Gasteiger charge is -2.27. The van der Waals surface area contributed by atoms with Gasteiger partial charge in [-0.2, -0.15) is 0 Å². The Balaban J connectivity index is 1.76. The van der Waals surface area contributed by atoms with E-state index in [9.17, 15) is 0 Å². The molecule has 94 valence electrons. The number of rotatable bonds is 4. The fraction of sp³-hybridized carbons (Fsp3) is 0.692. The zero-order chi connectivity index (χ0) is 12.1. The second-order valence-corrected chi connectivity index (χ2v) is 5.02. The number of aromatic nitrogens is 2. The maximum atomic E-state index is 5.69. The second kappa shape index (κ2) is 5.96. The van der Waals surface area contributed by atoms with Crippen LogP contribution in [0.3, 0.4) is 0 Å². The van der Waals surface area contributed by atoms with Gasteiger partial charge in [-0.3, -0.25) is 0 Å². The molecule has 1 aromatic rings. The average molecular weight is 234 g/mol. The lowest BCUT2D eigenvalue weighted by atomic mass is 9.82. The zero-order valence-corrected chi connectivity index (χ0v) is 10.5. The van der Waals surface area contributed by atoms with Crippen molar-refractivity contribution in [3.8, 4) is 0 Å². The van der Waals surface area contributed by atoms with Crippen LogP contribution in [0.1, 0.15) is 31.4 Å². The number of anilines is 1. The summed E-state index contributed by atoms with van der Waals surface area (Å²) in [5, 5.41) is 3.33. The van der Waals surface area contributed by atoms with Gasteiger partial charge in [-0.15, -0.1) is 0 Å². The van der Waals surface area contributed by atoms with E-state index in [-0.39, 0.29) is 0 Å². The first-order valence-electron chi connectivity index (χ1n) is 6.51. The number of nitrogens with zero attached hydrogens (tertiary/aromatic N) is 2. The van der Waals surface area contributed by atoms with Gasteiger partial charge in [0, 0.05) is 18.4 Å². The molecule has 17 heavy (non-hydrogen) atoms. The molecule has 2 rings (SSSR count). The Morgan fingerprint density at radius 1 is 1.29 bits per heavy atom. The molecule has 1 aliphatic carbocycles. The van der Waals surface area contributed by atoms with Crippen LogP contribution < -0.4 is 11.1 Å². The minimum atomic E-state index is 0.751. The molecule has 1 heterocycles. The van der Waals surface area contributed by atoms with Crippen LogP contribution in [0.2, 0.25) is 0 Å². The maximum absolute atomic E-state index is 5.69. The van der Waals surface area contributed by atoms with Crippen molar-refractivity contribution < 1.29 is 0 Å². The average Bonchev–Trinajstić information content (AvgIpc) is 2.37. The summed E-state index contributed by atoms with van der Waals surface area (Å²) in [7, 11) is 0. The number of hydrogen-bond donors (Lipinski definition) is 2. The summed E-state index contributed by atoms with van der Waals surface area (Å²) in [5.41, 5.74) is 6.70. The van der Waals surface area contributed by atoms with Gasteiger partial charge in [0.2, 0.25) is 5.95 Å². The molecule has 0 aromatic carbocycles. The van der Waals surface area contributed by atoms with Gasteiger partial charge in [-0.1, -0.05) is 0 Å². The molecule has 0 spiro atoms. The molecule has 0 amide bonds. The SMILES string of the molecule is Cc1ccnc(NCC2CCC(CN)CC2)n1. The van der Waals surface area contributed by atoms with Gasteiger partial charge in [-0.25, -0.2) is 9.97 Å². The van der Waals surface area contributed by atoms with E-state index in [2.05, 4.69) is 15.3 Å². The highest BCUT2D eigenvalue weighted by atomic mass is 15.1. The molecule has 1 fully saturated rings. The molecule has 1 aromatic heterocycles. The molecular weight excluding hydrogens is 212 g/mol. The van der Waals surface area contributed by atoms with E-state index in [0.717, 1.165) is 36.6 Å². The second-order valence-electron chi connectivity index (χ2n) is 5.02. The summed E-state index contributed by atoms with van der Waals surface area (Å²) in [4.78, 5) is 8.56. The van der Waals surface area contributed by atoms with Crippen LogP contribution in [-0.4, -0.2) is 23.1 Å². The molecule has 1 saturated carbocycles. The van der Waals surface area contributed by atoms with Crippen LogP contribution in [0.15, 0.2) is 12.3 Å². The Morgan fingerprint density at radius 2 is 2.00 bits per heavy atom. The molecule has 0 unspecified atom stereocenters. The fourth-order valence-corrected chi connectivity index (χ4v) is 2.44. The van der Waals surface area contributed by atoms with Crippen LogP contribution in [0.25, 0.3) is 0 Å². The summed E-state index contributed by atoms with van der Waals surface area (Å²) in [6.45, 7) is 3.82. The van der Waals surface area contributed by atoms with Crippen LogP contribution in [0, 0.1) is 18.8 Å². The largest absolute Gasteiger partial charge is 0.354 e. The highest BCUT2D eigenvalue weighted by Crippen LogP contribution is 2.27. The summed E-state index contributed by atoms with van der Waals surface area (Å²) in [6, 6.07) is 1.91. The normalized spacial score (nSPS) is 24.6. The summed E-state index contributed by atoms with van der Waals surface area (Å²) >= 11 is 0. The Morgan fingerprint density at radius 3 is 2.65 bits per heavy atom. The molecule has 3 N–H and O–H groups in total. The van der Waals surface area contributed by atoms with E-state index in [1.807, 2.05) is 13.0 Å². The first-order valence-corrected chi connectivity index (χ1v) is 6.51. The number of nitrogens with one attached hydrogen (secondary N) is 1. The molecule has 0 radical (unpaired) electrons. The summed E-state index contributed by atoms with van der Waals surface area (Å²) in [5.74, 6) is 2.26. The van der Waals surface area contributed by atoms with E-state index in [0.29, 0.717) is 0 Å². The number of hydrogen-bond acceptors (Lipinski definition) is 4. The lowest BCUT2D eigenvalue weighted by molar-refractivity contribution is 0.289. The number of aryl methyl sites for hydroxylation is 1. The van der Waals surface area contributed by atoms with Gasteiger partial charge in [0.1, 0.15) is 0 Å². The Bertz CT molecular complexity index is 345. The standard InChI is InChI=1S/C13H22N4/c1-10-6-7-15-13(17-10)16-9-12-4-2-11(8-14)3-5-12/h6-7,11-12H,2-5,8-9,14H2,1H3,(H,15,16,17). The van der Waals surface area contributed by atoms with Crippen molar-refractivity contribution >= 4 is 5.95 Å². The van der Waals surface area contributed by atoms with Crippen molar-refractivity contribution in [2.24, 2.45) is 17.6 Å². The molecule has 4 nitrogen and oxygen atoms in total.